The van der Waals surface area contributed by atoms with E-state index in [-0.39, 0.29) is 37.2 Å². The van der Waals surface area contributed by atoms with E-state index in [2.05, 4.69) is 20.6 Å². The van der Waals surface area contributed by atoms with Gasteiger partial charge >= 0.3 is 5.97 Å². The third-order valence-corrected chi connectivity index (χ3v) is 6.57. The molecule has 4 unspecified atom stereocenters. The Morgan fingerprint density at radius 2 is 1.58 bits per heavy atom. The summed E-state index contributed by atoms with van der Waals surface area (Å²) in [4.78, 5) is 59.9. The Balaban J connectivity index is 2.89. The molecule has 13 N–H and O–H groups in total. The maximum Gasteiger partial charge on any atom is 0.326 e. The number of nitrogens with one attached hydrogen (secondary N) is 2. The van der Waals surface area contributed by atoms with E-state index in [0.717, 1.165) is 0 Å². The molecule has 0 spiro atoms. The number of carbonyl (C=O) groups excluding carboxylic acids is 3. The molecule has 0 aliphatic carbocycles. The summed E-state index contributed by atoms with van der Waals surface area (Å²) < 4.78 is 0. The molecule has 0 aromatic rings. The number of likely N-dealkylation sites (tertiary alicyclic amines) is 1. The Morgan fingerprint density at radius 1 is 0.974 bits per heavy atom. The van der Waals surface area contributed by atoms with Gasteiger partial charge in [0.2, 0.25) is 17.7 Å². The molecule has 216 valence electrons. The second kappa shape index (κ2) is 17.3. The van der Waals surface area contributed by atoms with Crippen LogP contribution >= 0.6 is 11.8 Å². The molecule has 3 amide bonds. The average Bonchev–Trinajstić information content (AvgIpc) is 3.35. The molecule has 0 aromatic heterocycles. The topological polar surface area (TPSA) is 271 Å². The quantitative estimate of drug-likeness (QED) is 0.0513. The second-order valence-electron chi connectivity index (χ2n) is 8.94. The van der Waals surface area contributed by atoms with Gasteiger partial charge in [-0.05, 0) is 57.0 Å². The van der Waals surface area contributed by atoms with E-state index in [1.165, 1.54) is 16.7 Å². The maximum absolute atomic E-state index is 13.2. The van der Waals surface area contributed by atoms with Gasteiger partial charge in [0.05, 0.1) is 6.04 Å². The molecule has 0 aromatic carbocycles. The Morgan fingerprint density at radius 3 is 2.13 bits per heavy atom. The minimum absolute atomic E-state index is 0.0445. The number of nitrogens with two attached hydrogens (primary N) is 5. The summed E-state index contributed by atoms with van der Waals surface area (Å²) in [6, 6.07) is -3.78. The van der Waals surface area contributed by atoms with Gasteiger partial charge in [-0.1, -0.05) is 0 Å². The number of carboxylic acid groups (broad SMARTS) is 1. The highest BCUT2D eigenvalue weighted by molar-refractivity contribution is 7.98. The number of rotatable bonds is 17. The SMILES string of the molecule is CSCCC(NC(=O)C(CCCN=C(N)N)NC(=O)C1CCCN1C(=O)C(N)CCCN=C(N)N)C(=O)O. The van der Waals surface area contributed by atoms with Gasteiger partial charge in [0.15, 0.2) is 11.9 Å². The van der Waals surface area contributed by atoms with Crippen LogP contribution in [0.1, 0.15) is 44.9 Å². The molecule has 1 aliphatic heterocycles. The fraction of sp³-hybridized carbons (Fsp3) is 0.727. The van der Waals surface area contributed by atoms with Crippen LogP contribution in [0.25, 0.3) is 0 Å². The van der Waals surface area contributed by atoms with E-state index in [1.807, 2.05) is 6.26 Å². The minimum atomic E-state index is -1.17. The van der Waals surface area contributed by atoms with E-state index >= 15 is 0 Å². The van der Waals surface area contributed by atoms with Crippen molar-refractivity contribution in [1.29, 1.82) is 0 Å². The lowest BCUT2D eigenvalue weighted by Gasteiger charge is -2.28. The largest absolute Gasteiger partial charge is 0.480 e. The number of hydrogen-bond acceptors (Lipinski definition) is 8. The van der Waals surface area contributed by atoms with Crippen molar-refractivity contribution in [3.63, 3.8) is 0 Å². The van der Waals surface area contributed by atoms with Crippen molar-refractivity contribution in [3.05, 3.63) is 0 Å². The van der Waals surface area contributed by atoms with Crippen molar-refractivity contribution in [1.82, 2.24) is 15.5 Å². The standard InChI is InChI=1S/C22H42N10O5S/c1-38-12-8-15(20(36)37)31-17(33)14(6-3-10-29-22(26)27)30-18(34)16-7-4-11-32(16)19(35)13(23)5-2-9-28-21(24)25/h13-16H,2-12,23H2,1H3,(H,30,34)(H,31,33)(H,36,37)(H4,24,25,28)(H4,26,27,29). The van der Waals surface area contributed by atoms with Crippen molar-refractivity contribution >= 4 is 47.4 Å². The summed E-state index contributed by atoms with van der Waals surface area (Å²) in [5, 5.41) is 14.7. The number of aliphatic imine (C=N–C) groups is 2. The smallest absolute Gasteiger partial charge is 0.326 e. The zero-order valence-corrected chi connectivity index (χ0v) is 22.6. The van der Waals surface area contributed by atoms with E-state index in [0.29, 0.717) is 50.9 Å². The van der Waals surface area contributed by atoms with Crippen molar-refractivity contribution in [2.75, 3.05) is 31.6 Å². The Kier molecular flexibility index (Phi) is 14.9. The van der Waals surface area contributed by atoms with Crippen molar-refractivity contribution in [3.8, 4) is 0 Å². The fourth-order valence-corrected chi connectivity index (χ4v) is 4.44. The van der Waals surface area contributed by atoms with Crippen molar-refractivity contribution < 1.29 is 24.3 Å². The Hall–Kier alpha value is -3.27. The second-order valence-corrected chi connectivity index (χ2v) is 9.92. The van der Waals surface area contributed by atoms with Crippen molar-refractivity contribution in [2.24, 2.45) is 38.7 Å². The molecular weight excluding hydrogens is 516 g/mol. The monoisotopic (exact) mass is 558 g/mol. The summed E-state index contributed by atoms with van der Waals surface area (Å²) >= 11 is 1.45. The third kappa shape index (κ3) is 11.9. The number of nitrogens with zero attached hydrogens (tertiary/aromatic N) is 3. The fourth-order valence-electron chi connectivity index (χ4n) is 3.96. The lowest BCUT2D eigenvalue weighted by atomic mass is 10.1. The molecule has 0 saturated carbocycles. The summed E-state index contributed by atoms with van der Waals surface area (Å²) in [6.45, 7) is 0.910. The summed E-state index contributed by atoms with van der Waals surface area (Å²) in [6.07, 6.45) is 4.41. The first-order chi connectivity index (χ1) is 18.0. The number of thioether (sulfide) groups is 1. The van der Waals surface area contributed by atoms with Gasteiger partial charge in [0.25, 0.3) is 0 Å². The number of amides is 3. The first kappa shape index (κ1) is 32.8. The van der Waals surface area contributed by atoms with E-state index < -0.39 is 42.0 Å². The third-order valence-electron chi connectivity index (χ3n) is 5.93. The highest BCUT2D eigenvalue weighted by Crippen LogP contribution is 2.20. The molecule has 15 nitrogen and oxygen atoms in total. The zero-order chi connectivity index (χ0) is 28.7. The van der Waals surface area contributed by atoms with Crippen LogP contribution in [-0.4, -0.2) is 101 Å². The van der Waals surface area contributed by atoms with Crippen LogP contribution in [0.2, 0.25) is 0 Å². The van der Waals surface area contributed by atoms with Crippen LogP contribution < -0.4 is 39.3 Å². The van der Waals surface area contributed by atoms with Crippen LogP contribution in [0.4, 0.5) is 0 Å². The Labute approximate surface area is 226 Å². The normalized spacial score (nSPS) is 17.1. The van der Waals surface area contributed by atoms with E-state index in [1.54, 1.807) is 0 Å². The van der Waals surface area contributed by atoms with E-state index in [9.17, 15) is 24.3 Å². The van der Waals surface area contributed by atoms with Gasteiger partial charge in [-0.2, -0.15) is 11.8 Å². The molecule has 16 heteroatoms. The molecule has 38 heavy (non-hydrogen) atoms. The van der Waals surface area contributed by atoms with Crippen molar-refractivity contribution in [2.45, 2.75) is 69.1 Å². The van der Waals surface area contributed by atoms with Gasteiger partial charge < -0.3 is 49.3 Å². The van der Waals surface area contributed by atoms with Gasteiger partial charge in [-0.15, -0.1) is 0 Å². The molecule has 1 heterocycles. The lowest BCUT2D eigenvalue weighted by Crippen LogP contribution is -2.56. The predicted octanol–water partition coefficient (Wildman–Crippen LogP) is -2.78. The number of hydrogen-bond donors (Lipinski definition) is 8. The number of carboxylic acids is 1. The number of carbonyl (C=O) groups is 4. The number of aliphatic carboxylic acids is 1. The van der Waals surface area contributed by atoms with Gasteiger partial charge in [-0.3, -0.25) is 24.4 Å². The Bertz CT molecular complexity index is 863. The zero-order valence-electron chi connectivity index (χ0n) is 21.8. The highest BCUT2D eigenvalue weighted by atomic mass is 32.2. The van der Waals surface area contributed by atoms with Crippen LogP contribution in [0.15, 0.2) is 9.98 Å². The van der Waals surface area contributed by atoms with Crippen LogP contribution in [0.3, 0.4) is 0 Å². The first-order valence-electron chi connectivity index (χ1n) is 12.5. The molecular formula is C22H42N10O5S. The minimum Gasteiger partial charge on any atom is -0.480 e. The van der Waals surface area contributed by atoms with E-state index in [4.69, 9.17) is 28.7 Å². The maximum atomic E-state index is 13.2. The molecule has 0 radical (unpaired) electrons. The highest BCUT2D eigenvalue weighted by Gasteiger charge is 2.37. The van der Waals surface area contributed by atoms with Crippen LogP contribution in [-0.2, 0) is 19.2 Å². The van der Waals surface area contributed by atoms with Crippen LogP contribution in [0, 0.1) is 0 Å². The van der Waals surface area contributed by atoms with Gasteiger partial charge in [0, 0.05) is 19.6 Å². The molecule has 4 atom stereocenters. The predicted molar refractivity (Wildman–Crippen MR) is 147 cm³/mol. The summed E-state index contributed by atoms with van der Waals surface area (Å²) in [7, 11) is 0. The lowest BCUT2D eigenvalue weighted by molar-refractivity contribution is -0.143. The summed E-state index contributed by atoms with van der Waals surface area (Å²) in [5.74, 6) is -2.30. The molecule has 1 fully saturated rings. The van der Waals surface area contributed by atoms with Crippen LogP contribution in [0.5, 0.6) is 0 Å². The number of guanidine groups is 2. The van der Waals surface area contributed by atoms with Gasteiger partial charge in [0.1, 0.15) is 18.1 Å². The molecule has 1 saturated heterocycles. The van der Waals surface area contributed by atoms with Gasteiger partial charge in [-0.25, -0.2) is 4.79 Å². The first-order valence-corrected chi connectivity index (χ1v) is 13.9. The molecule has 1 aliphatic rings. The molecule has 0 bridgehead atoms. The summed E-state index contributed by atoms with van der Waals surface area (Å²) in [5.41, 5.74) is 27.3. The molecule has 1 rings (SSSR count). The average molecular weight is 559 g/mol.